The molecule has 2 unspecified atom stereocenters. The van der Waals surface area contributed by atoms with Crippen molar-refractivity contribution >= 4 is 22.3 Å². The molecule has 0 radical (unpaired) electrons. The van der Waals surface area contributed by atoms with E-state index in [0.717, 1.165) is 34.8 Å². The normalized spacial score (nSPS) is 12.6. The Hall–Kier alpha value is -4.38. The molecule has 0 amide bonds. The molecule has 0 fully saturated rings. The SMILES string of the molecule is COc1ccc(NC(CC(Nc2ccc(OC)cc2)c2c[nH]c3ccccc23)c2ccccc2)cc1. The third-order valence-electron chi connectivity index (χ3n) is 6.53. The second-order valence-corrected chi connectivity index (χ2v) is 8.79. The van der Waals surface area contributed by atoms with E-state index in [-0.39, 0.29) is 12.1 Å². The molecule has 0 spiro atoms. The van der Waals surface area contributed by atoms with Gasteiger partial charge in [0.2, 0.25) is 0 Å². The zero-order chi connectivity index (χ0) is 24.7. The van der Waals surface area contributed by atoms with Gasteiger partial charge in [-0.2, -0.15) is 0 Å². The molecule has 4 aromatic carbocycles. The summed E-state index contributed by atoms with van der Waals surface area (Å²) in [7, 11) is 3.37. The Bertz CT molecular complexity index is 1380. The number of rotatable bonds is 10. The largest absolute Gasteiger partial charge is 0.497 e. The molecular formula is C31H31N3O2. The maximum atomic E-state index is 5.36. The van der Waals surface area contributed by atoms with E-state index in [1.807, 2.05) is 24.3 Å². The number of ether oxygens (including phenoxy) is 2. The molecule has 0 aliphatic carbocycles. The number of H-pyrrole nitrogens is 1. The first-order chi connectivity index (χ1) is 17.7. The van der Waals surface area contributed by atoms with Gasteiger partial charge in [0.05, 0.1) is 26.3 Å². The van der Waals surface area contributed by atoms with Crippen molar-refractivity contribution in [2.45, 2.75) is 18.5 Å². The maximum Gasteiger partial charge on any atom is 0.119 e. The maximum absolute atomic E-state index is 5.36. The van der Waals surface area contributed by atoms with E-state index in [2.05, 4.69) is 101 Å². The molecule has 2 atom stereocenters. The van der Waals surface area contributed by atoms with Crippen LogP contribution in [-0.2, 0) is 0 Å². The molecule has 0 aliphatic heterocycles. The zero-order valence-corrected chi connectivity index (χ0v) is 20.6. The first-order valence-corrected chi connectivity index (χ1v) is 12.2. The van der Waals surface area contributed by atoms with Gasteiger partial charge in [0.1, 0.15) is 11.5 Å². The van der Waals surface area contributed by atoms with Crippen LogP contribution in [0.25, 0.3) is 10.9 Å². The number of para-hydroxylation sites is 1. The van der Waals surface area contributed by atoms with Crippen molar-refractivity contribution in [3.8, 4) is 11.5 Å². The van der Waals surface area contributed by atoms with Crippen LogP contribution in [0.2, 0.25) is 0 Å². The third-order valence-corrected chi connectivity index (χ3v) is 6.53. The van der Waals surface area contributed by atoms with Gasteiger partial charge in [0.15, 0.2) is 0 Å². The molecule has 5 nitrogen and oxygen atoms in total. The van der Waals surface area contributed by atoms with Crippen molar-refractivity contribution in [2.24, 2.45) is 0 Å². The highest BCUT2D eigenvalue weighted by Gasteiger charge is 2.22. The summed E-state index contributed by atoms with van der Waals surface area (Å²) in [5, 5.41) is 8.78. The van der Waals surface area contributed by atoms with E-state index < -0.39 is 0 Å². The third kappa shape index (κ3) is 5.31. The summed E-state index contributed by atoms with van der Waals surface area (Å²) in [4.78, 5) is 3.45. The molecule has 0 saturated carbocycles. The molecule has 1 heterocycles. The second kappa shape index (κ2) is 10.9. The lowest BCUT2D eigenvalue weighted by atomic mass is 9.93. The Balaban J connectivity index is 1.50. The minimum Gasteiger partial charge on any atom is -0.497 e. The highest BCUT2D eigenvalue weighted by molar-refractivity contribution is 5.84. The van der Waals surface area contributed by atoms with E-state index in [1.54, 1.807) is 14.2 Å². The van der Waals surface area contributed by atoms with Crippen LogP contribution >= 0.6 is 0 Å². The lowest BCUT2D eigenvalue weighted by Gasteiger charge is -2.27. The number of hydrogen-bond donors (Lipinski definition) is 3. The van der Waals surface area contributed by atoms with Crippen LogP contribution in [-0.4, -0.2) is 19.2 Å². The average Bonchev–Trinajstić information content (AvgIpc) is 3.38. The monoisotopic (exact) mass is 477 g/mol. The molecule has 0 bridgehead atoms. The number of nitrogens with one attached hydrogen (secondary N) is 3. The summed E-state index contributed by atoms with van der Waals surface area (Å²) in [5.41, 5.74) is 5.69. The summed E-state index contributed by atoms with van der Waals surface area (Å²) in [6.45, 7) is 0. The van der Waals surface area contributed by atoms with Gasteiger partial charge in [-0.3, -0.25) is 0 Å². The van der Waals surface area contributed by atoms with Crippen LogP contribution in [0.1, 0.15) is 29.6 Å². The highest BCUT2D eigenvalue weighted by atomic mass is 16.5. The van der Waals surface area contributed by atoms with Crippen molar-refractivity contribution in [3.63, 3.8) is 0 Å². The minimum absolute atomic E-state index is 0.0468. The smallest absolute Gasteiger partial charge is 0.119 e. The Kier molecular flexibility index (Phi) is 7.08. The van der Waals surface area contributed by atoms with Gasteiger partial charge >= 0.3 is 0 Å². The van der Waals surface area contributed by atoms with E-state index in [9.17, 15) is 0 Å². The fourth-order valence-electron chi connectivity index (χ4n) is 4.62. The van der Waals surface area contributed by atoms with Crippen LogP contribution in [0.15, 0.2) is 109 Å². The number of aromatic amines is 1. The summed E-state index contributed by atoms with van der Waals surface area (Å²) in [6, 6.07) is 35.4. The number of aromatic nitrogens is 1. The fourth-order valence-corrected chi connectivity index (χ4v) is 4.62. The van der Waals surface area contributed by atoms with Crippen LogP contribution < -0.4 is 20.1 Å². The van der Waals surface area contributed by atoms with E-state index in [1.165, 1.54) is 16.5 Å². The molecule has 0 aliphatic rings. The molecule has 36 heavy (non-hydrogen) atoms. The van der Waals surface area contributed by atoms with Crippen LogP contribution in [0.4, 0.5) is 11.4 Å². The lowest BCUT2D eigenvalue weighted by Crippen LogP contribution is -2.19. The first-order valence-electron chi connectivity index (χ1n) is 12.2. The lowest BCUT2D eigenvalue weighted by molar-refractivity contribution is 0.415. The molecule has 0 saturated heterocycles. The van der Waals surface area contributed by atoms with Gasteiger partial charge in [-0.1, -0.05) is 48.5 Å². The number of hydrogen-bond acceptors (Lipinski definition) is 4. The van der Waals surface area contributed by atoms with Crippen LogP contribution in [0.5, 0.6) is 11.5 Å². The van der Waals surface area contributed by atoms with Crippen LogP contribution in [0, 0.1) is 0 Å². The predicted molar refractivity (Wildman–Crippen MR) is 148 cm³/mol. The Labute approximate surface area is 212 Å². The van der Waals surface area contributed by atoms with Crippen molar-refractivity contribution in [3.05, 3.63) is 120 Å². The molecule has 1 aromatic heterocycles. The molecule has 3 N–H and O–H groups in total. The predicted octanol–water partition coefficient (Wildman–Crippen LogP) is 7.58. The van der Waals surface area contributed by atoms with Crippen LogP contribution in [0.3, 0.4) is 0 Å². The van der Waals surface area contributed by atoms with Gasteiger partial charge in [-0.05, 0) is 72.1 Å². The van der Waals surface area contributed by atoms with E-state index in [0.29, 0.717) is 0 Å². The average molecular weight is 478 g/mol. The first kappa shape index (κ1) is 23.4. The van der Waals surface area contributed by atoms with Gasteiger partial charge in [0, 0.05) is 28.5 Å². The molecule has 5 heteroatoms. The van der Waals surface area contributed by atoms with E-state index in [4.69, 9.17) is 9.47 Å². The summed E-state index contributed by atoms with van der Waals surface area (Å²) >= 11 is 0. The topological polar surface area (TPSA) is 58.3 Å². The standard InChI is InChI=1S/C31H31N3O2/c1-35-25-16-12-23(13-17-25)33-30(22-8-4-3-5-9-22)20-31(34-24-14-18-26(36-2)19-15-24)28-21-32-29-11-7-6-10-27(28)29/h3-19,21,30-34H,20H2,1-2H3. The van der Waals surface area contributed by atoms with Crippen molar-refractivity contribution in [1.29, 1.82) is 0 Å². The second-order valence-electron chi connectivity index (χ2n) is 8.79. The van der Waals surface area contributed by atoms with Gasteiger partial charge < -0.3 is 25.1 Å². The fraction of sp³-hybridized carbons (Fsp3) is 0.161. The van der Waals surface area contributed by atoms with Gasteiger partial charge in [-0.25, -0.2) is 0 Å². The van der Waals surface area contributed by atoms with E-state index >= 15 is 0 Å². The van der Waals surface area contributed by atoms with Crippen molar-refractivity contribution in [1.82, 2.24) is 4.98 Å². The Morgan fingerprint density at radius 1 is 0.639 bits per heavy atom. The molecule has 5 rings (SSSR count). The van der Waals surface area contributed by atoms with Gasteiger partial charge in [0.25, 0.3) is 0 Å². The number of fused-ring (bicyclic) bond motifs is 1. The minimum atomic E-state index is 0.0468. The number of methoxy groups -OCH3 is 2. The Morgan fingerprint density at radius 3 is 1.81 bits per heavy atom. The number of benzene rings is 4. The van der Waals surface area contributed by atoms with Crippen molar-refractivity contribution < 1.29 is 9.47 Å². The zero-order valence-electron chi connectivity index (χ0n) is 20.6. The van der Waals surface area contributed by atoms with Gasteiger partial charge in [-0.15, -0.1) is 0 Å². The highest BCUT2D eigenvalue weighted by Crippen LogP contribution is 2.36. The summed E-state index contributed by atoms with van der Waals surface area (Å²) in [5.74, 6) is 1.68. The quantitative estimate of drug-likeness (QED) is 0.194. The Morgan fingerprint density at radius 2 is 1.19 bits per heavy atom. The molecule has 182 valence electrons. The molecule has 5 aromatic rings. The molecular weight excluding hydrogens is 446 g/mol. The number of anilines is 2. The summed E-state index contributed by atoms with van der Waals surface area (Å²) in [6.07, 6.45) is 2.95. The summed E-state index contributed by atoms with van der Waals surface area (Å²) < 4.78 is 10.7. The van der Waals surface area contributed by atoms with Crippen molar-refractivity contribution in [2.75, 3.05) is 24.9 Å².